The van der Waals surface area contributed by atoms with E-state index < -0.39 is 12.1 Å². The van der Waals surface area contributed by atoms with Crippen molar-refractivity contribution >= 4 is 18.2 Å². The summed E-state index contributed by atoms with van der Waals surface area (Å²) in [7, 11) is 1.43. The molecule has 1 N–H and O–H groups in total. The van der Waals surface area contributed by atoms with Gasteiger partial charge < -0.3 is 19.5 Å². The summed E-state index contributed by atoms with van der Waals surface area (Å²) in [6.45, 7) is 1.15. The molecule has 0 aliphatic heterocycles. The van der Waals surface area contributed by atoms with Crippen LogP contribution in [-0.2, 0) is 14.3 Å². The Labute approximate surface area is 133 Å². The van der Waals surface area contributed by atoms with Crippen LogP contribution in [0.4, 0.5) is 0 Å². The molecule has 0 radical (unpaired) electrons. The molecule has 1 atom stereocenters. The quantitative estimate of drug-likeness (QED) is 0.569. The number of benzene rings is 1. The Bertz CT molecular complexity index is 596. The average molecular weight is 321 g/mol. The number of carbonyl (C=O) groups is 3. The number of nitrogens with one attached hydrogen (secondary N) is 1. The number of rotatable bonds is 8. The monoisotopic (exact) mass is 321 g/mol. The molecule has 7 heteroatoms. The summed E-state index contributed by atoms with van der Waals surface area (Å²) in [6, 6.07) is 4.78. The second kappa shape index (κ2) is 7.62. The number of ether oxygens (including phenoxy) is 3. The number of carbonyl (C=O) groups excluding carboxylic acids is 3. The van der Waals surface area contributed by atoms with Crippen molar-refractivity contribution < 1.29 is 28.6 Å². The van der Waals surface area contributed by atoms with Crippen molar-refractivity contribution in [3.8, 4) is 11.5 Å². The van der Waals surface area contributed by atoms with Gasteiger partial charge in [0.1, 0.15) is 6.29 Å². The highest BCUT2D eigenvalue weighted by Gasteiger charge is 2.27. The molecule has 0 unspecified atom stereocenters. The molecule has 1 aliphatic carbocycles. The van der Waals surface area contributed by atoms with Crippen LogP contribution in [-0.4, -0.2) is 44.0 Å². The lowest BCUT2D eigenvalue weighted by Gasteiger charge is -2.14. The van der Waals surface area contributed by atoms with E-state index in [0.29, 0.717) is 23.3 Å². The van der Waals surface area contributed by atoms with Crippen molar-refractivity contribution in [2.45, 2.75) is 31.9 Å². The molecule has 0 saturated heterocycles. The normalized spacial score (nSPS) is 14.5. The number of amides is 1. The van der Waals surface area contributed by atoms with E-state index >= 15 is 0 Å². The van der Waals surface area contributed by atoms with Crippen LogP contribution in [0.2, 0.25) is 0 Å². The molecule has 1 aromatic carbocycles. The van der Waals surface area contributed by atoms with Gasteiger partial charge in [-0.3, -0.25) is 9.59 Å². The summed E-state index contributed by atoms with van der Waals surface area (Å²) in [5.74, 6) is -0.328. The molecule has 0 heterocycles. The summed E-state index contributed by atoms with van der Waals surface area (Å²) in [6.07, 6.45) is 1.74. The Balaban J connectivity index is 1.83. The number of hydrogen-bond donors (Lipinski definition) is 1. The van der Waals surface area contributed by atoms with Gasteiger partial charge in [0.05, 0.1) is 7.11 Å². The maximum atomic E-state index is 11.7. The molecule has 1 amide bonds. The largest absolute Gasteiger partial charge is 0.493 e. The molecule has 0 bridgehead atoms. The fourth-order valence-electron chi connectivity index (χ4n) is 1.84. The summed E-state index contributed by atoms with van der Waals surface area (Å²) in [4.78, 5) is 34.1. The van der Waals surface area contributed by atoms with Crippen molar-refractivity contribution in [3.63, 3.8) is 0 Å². The predicted octanol–water partition coefficient (Wildman–Crippen LogP) is 1.10. The molecule has 0 spiro atoms. The van der Waals surface area contributed by atoms with Gasteiger partial charge in [-0.15, -0.1) is 0 Å². The van der Waals surface area contributed by atoms with Crippen LogP contribution in [0.5, 0.6) is 11.5 Å². The summed E-state index contributed by atoms with van der Waals surface area (Å²) in [5, 5.41) is 2.75. The Morgan fingerprint density at radius 3 is 2.70 bits per heavy atom. The van der Waals surface area contributed by atoms with Crippen molar-refractivity contribution in [2.75, 3.05) is 13.7 Å². The molecule has 1 fully saturated rings. The van der Waals surface area contributed by atoms with E-state index in [0.717, 1.165) is 12.8 Å². The smallest absolute Gasteiger partial charge is 0.344 e. The van der Waals surface area contributed by atoms with Gasteiger partial charge in [0.25, 0.3) is 5.91 Å². The Morgan fingerprint density at radius 2 is 2.09 bits per heavy atom. The van der Waals surface area contributed by atoms with Crippen LogP contribution in [0, 0.1) is 0 Å². The maximum absolute atomic E-state index is 11.7. The second-order valence-corrected chi connectivity index (χ2v) is 5.23. The molecular weight excluding hydrogens is 302 g/mol. The lowest BCUT2D eigenvalue weighted by Crippen LogP contribution is -2.37. The lowest BCUT2D eigenvalue weighted by atomic mass is 10.2. The number of esters is 1. The third-order valence-corrected chi connectivity index (χ3v) is 3.27. The molecular formula is C16H19NO6. The first kappa shape index (κ1) is 16.8. The SMILES string of the molecule is COc1cc(C=O)ccc1OCC(=O)O[C@@H](C)C(=O)NC1CC1. The molecule has 0 aromatic heterocycles. The van der Waals surface area contributed by atoms with Crippen molar-refractivity contribution in [1.29, 1.82) is 0 Å². The van der Waals surface area contributed by atoms with Gasteiger partial charge >= 0.3 is 5.97 Å². The van der Waals surface area contributed by atoms with Crippen LogP contribution >= 0.6 is 0 Å². The van der Waals surface area contributed by atoms with Gasteiger partial charge in [0.2, 0.25) is 0 Å². The molecule has 7 nitrogen and oxygen atoms in total. The van der Waals surface area contributed by atoms with Crippen LogP contribution in [0.3, 0.4) is 0 Å². The maximum Gasteiger partial charge on any atom is 0.344 e. The highest BCUT2D eigenvalue weighted by Crippen LogP contribution is 2.27. The highest BCUT2D eigenvalue weighted by molar-refractivity contribution is 5.84. The third kappa shape index (κ3) is 4.98. The third-order valence-electron chi connectivity index (χ3n) is 3.27. The molecule has 23 heavy (non-hydrogen) atoms. The molecule has 2 rings (SSSR count). The van der Waals surface area contributed by atoms with Gasteiger partial charge in [0.15, 0.2) is 24.2 Å². The molecule has 1 aromatic rings. The summed E-state index contributed by atoms with van der Waals surface area (Å²) < 4.78 is 15.4. The van der Waals surface area contributed by atoms with Gasteiger partial charge in [-0.05, 0) is 38.0 Å². The van der Waals surface area contributed by atoms with E-state index in [4.69, 9.17) is 14.2 Å². The van der Waals surface area contributed by atoms with Crippen molar-refractivity contribution in [2.24, 2.45) is 0 Å². The zero-order valence-corrected chi connectivity index (χ0v) is 13.0. The minimum atomic E-state index is -0.869. The molecule has 1 aliphatic rings. The fourth-order valence-corrected chi connectivity index (χ4v) is 1.84. The Kier molecular flexibility index (Phi) is 5.56. The van der Waals surface area contributed by atoms with Crippen LogP contribution in [0.25, 0.3) is 0 Å². The van der Waals surface area contributed by atoms with E-state index in [-0.39, 0.29) is 18.6 Å². The van der Waals surface area contributed by atoms with E-state index in [2.05, 4.69) is 5.32 Å². The molecule has 124 valence electrons. The van der Waals surface area contributed by atoms with Crippen molar-refractivity contribution in [1.82, 2.24) is 5.32 Å². The average Bonchev–Trinajstić information content (AvgIpc) is 3.36. The summed E-state index contributed by atoms with van der Waals surface area (Å²) in [5.41, 5.74) is 0.433. The summed E-state index contributed by atoms with van der Waals surface area (Å²) >= 11 is 0. The van der Waals surface area contributed by atoms with E-state index in [9.17, 15) is 14.4 Å². The Morgan fingerprint density at radius 1 is 1.35 bits per heavy atom. The number of methoxy groups -OCH3 is 1. The van der Waals surface area contributed by atoms with Crippen molar-refractivity contribution in [3.05, 3.63) is 23.8 Å². The van der Waals surface area contributed by atoms with Crippen LogP contribution in [0.15, 0.2) is 18.2 Å². The standard InChI is InChI=1S/C16H19NO6/c1-10(16(20)17-12-4-5-12)23-15(19)9-22-13-6-3-11(8-18)7-14(13)21-2/h3,6-8,10,12H,4-5,9H2,1-2H3,(H,17,20)/t10-/m0/s1. The van der Waals surface area contributed by atoms with Gasteiger partial charge in [-0.25, -0.2) is 4.79 Å². The first-order chi connectivity index (χ1) is 11.0. The van der Waals surface area contributed by atoms with E-state index in [1.54, 1.807) is 6.07 Å². The zero-order valence-electron chi connectivity index (χ0n) is 13.0. The first-order valence-electron chi connectivity index (χ1n) is 7.29. The minimum Gasteiger partial charge on any atom is -0.493 e. The Hall–Kier alpha value is -2.57. The number of aldehydes is 1. The van der Waals surface area contributed by atoms with Gasteiger partial charge in [-0.2, -0.15) is 0 Å². The fraction of sp³-hybridized carbons (Fsp3) is 0.438. The zero-order chi connectivity index (χ0) is 16.8. The topological polar surface area (TPSA) is 90.9 Å². The van der Waals surface area contributed by atoms with E-state index in [1.807, 2.05) is 0 Å². The second-order valence-electron chi connectivity index (χ2n) is 5.23. The van der Waals surface area contributed by atoms with Gasteiger partial charge in [-0.1, -0.05) is 0 Å². The highest BCUT2D eigenvalue weighted by atomic mass is 16.6. The predicted molar refractivity (Wildman–Crippen MR) is 80.6 cm³/mol. The van der Waals surface area contributed by atoms with Crippen LogP contribution < -0.4 is 14.8 Å². The number of hydrogen-bond acceptors (Lipinski definition) is 6. The molecule has 1 saturated carbocycles. The lowest BCUT2D eigenvalue weighted by molar-refractivity contribution is -0.156. The van der Waals surface area contributed by atoms with Crippen LogP contribution in [0.1, 0.15) is 30.1 Å². The first-order valence-corrected chi connectivity index (χ1v) is 7.29. The van der Waals surface area contributed by atoms with E-state index in [1.165, 1.54) is 26.2 Å². The van der Waals surface area contributed by atoms with Gasteiger partial charge in [0, 0.05) is 11.6 Å². The minimum absolute atomic E-state index is 0.209.